The quantitative estimate of drug-likeness (QED) is 0.238. The zero-order valence-electron chi connectivity index (χ0n) is 24.3. The molecule has 1 unspecified atom stereocenters. The number of nitrogens with zero attached hydrogens (tertiary/aromatic N) is 5. The molecular weight excluding hydrogens is 606 g/mol. The van der Waals surface area contributed by atoms with E-state index in [0.717, 1.165) is 62.3 Å². The Morgan fingerprint density at radius 2 is 1.95 bits per heavy atom. The Morgan fingerprint density at radius 1 is 1.14 bits per heavy atom. The van der Waals surface area contributed by atoms with E-state index in [1.165, 1.54) is 16.4 Å². The zero-order chi connectivity index (χ0) is 30.8. The number of piperidine rings is 1. The van der Waals surface area contributed by atoms with Crippen LogP contribution < -0.4 is 0 Å². The van der Waals surface area contributed by atoms with Gasteiger partial charge in [0.25, 0.3) is 0 Å². The summed E-state index contributed by atoms with van der Waals surface area (Å²) in [6, 6.07) is 3.91. The Bertz CT molecular complexity index is 1420. The molecule has 3 aliphatic rings. The molecule has 1 saturated heterocycles. The number of benzene rings is 1. The average Bonchev–Trinajstić information content (AvgIpc) is 3.30. The highest BCUT2D eigenvalue weighted by atomic mass is 32.2. The number of likely N-dealkylation sites (tertiary alicyclic amines) is 1. The van der Waals surface area contributed by atoms with E-state index in [9.17, 15) is 31.1 Å². The highest BCUT2D eigenvalue weighted by molar-refractivity contribution is 7.99. The number of β-amino-alcohol motifs (C(OH)–C–C–N with tert-alkyl or cyclic N) is 1. The molecule has 0 saturated carbocycles. The number of aliphatic hydroxyl groups is 1. The summed E-state index contributed by atoms with van der Waals surface area (Å²) in [5, 5.41) is 15.7. The number of fused-ring (bicyclic) bond motifs is 1. The first kappa shape index (κ1) is 32.4. The van der Waals surface area contributed by atoms with Crippen molar-refractivity contribution in [2.24, 2.45) is 0 Å². The van der Waals surface area contributed by atoms with Crippen LogP contribution in [-0.4, -0.2) is 108 Å². The fourth-order valence-corrected chi connectivity index (χ4v) is 7.96. The summed E-state index contributed by atoms with van der Waals surface area (Å²) in [7, 11) is -3.51. The molecule has 238 valence electrons. The van der Waals surface area contributed by atoms with Crippen LogP contribution in [0.3, 0.4) is 0 Å². The normalized spacial score (nSPS) is 21.7. The topological polar surface area (TPSA) is 81.9 Å². The van der Waals surface area contributed by atoms with Gasteiger partial charge in [0.15, 0.2) is 0 Å². The number of alkyl halides is 4. The highest BCUT2D eigenvalue weighted by Crippen LogP contribution is 2.40. The smallest absolute Gasteiger partial charge is 0.390 e. The van der Waals surface area contributed by atoms with Crippen molar-refractivity contribution in [3.63, 3.8) is 0 Å². The minimum absolute atomic E-state index is 0.0519. The van der Waals surface area contributed by atoms with Gasteiger partial charge in [-0.25, -0.2) is 12.8 Å². The number of sulfonamides is 1. The lowest BCUT2D eigenvalue weighted by molar-refractivity contribution is -0.139. The van der Waals surface area contributed by atoms with Crippen molar-refractivity contribution in [2.75, 3.05) is 57.8 Å². The number of hydrogen-bond acceptors (Lipinski definition) is 7. The molecule has 8 nitrogen and oxygen atoms in total. The molecule has 1 fully saturated rings. The second kappa shape index (κ2) is 13.6. The predicted molar refractivity (Wildman–Crippen MR) is 159 cm³/mol. The van der Waals surface area contributed by atoms with Crippen LogP contribution in [0.1, 0.15) is 36.1 Å². The van der Waals surface area contributed by atoms with Gasteiger partial charge in [-0.05, 0) is 37.9 Å². The van der Waals surface area contributed by atoms with Crippen molar-refractivity contribution in [1.82, 2.24) is 23.9 Å². The number of aliphatic hydroxyl groups excluding tert-OH is 1. The Labute approximate surface area is 254 Å². The first-order valence-corrected chi connectivity index (χ1v) is 17.5. The predicted octanol–water partition coefficient (Wildman–Crippen LogP) is 4.04. The molecule has 43 heavy (non-hydrogen) atoms. The number of halogens is 4. The van der Waals surface area contributed by atoms with E-state index in [-0.39, 0.29) is 24.5 Å². The number of hydrogen-bond donors (Lipinski definition) is 1. The maximum atomic E-state index is 14.0. The molecule has 2 atom stereocenters. The van der Waals surface area contributed by atoms with Crippen LogP contribution in [0.2, 0.25) is 0 Å². The van der Waals surface area contributed by atoms with Gasteiger partial charge in [-0.3, -0.25) is 14.5 Å². The first-order chi connectivity index (χ1) is 20.4. The maximum absolute atomic E-state index is 14.0. The molecule has 1 aromatic carbocycles. The highest BCUT2D eigenvalue weighted by Gasteiger charge is 2.35. The van der Waals surface area contributed by atoms with E-state index in [1.807, 2.05) is 4.90 Å². The van der Waals surface area contributed by atoms with E-state index < -0.39 is 34.0 Å². The SMILES string of the molecule is CS(=O)(=O)N1CCc2c(c(-c3ccc(C(F)(F)F)c(SCCN4CCCC(F)C4)c3)nn2C[C@@H](O)CN2CC=CCC2)C1. The van der Waals surface area contributed by atoms with E-state index in [0.29, 0.717) is 55.0 Å². The standard InChI is InChI=1S/C29H39F4N5O3S2/c1-43(40,41)37-13-9-26-24(20-37)28(34-38(26)19-23(39)18-35-10-3-2-4-11-35)21-7-8-25(29(31,32)33)27(16-21)42-15-14-36-12-5-6-22(30)17-36/h2-3,7-8,16,22-23,39H,4-6,9-15,17-20H2,1H3/t22?,23-/m0/s1. The number of rotatable bonds is 10. The van der Waals surface area contributed by atoms with Crippen LogP contribution in [0.5, 0.6) is 0 Å². The fraction of sp³-hybridized carbons (Fsp3) is 0.621. The summed E-state index contributed by atoms with van der Waals surface area (Å²) in [4.78, 5) is 4.14. The third-order valence-corrected chi connectivity index (χ3v) is 10.5. The molecule has 4 heterocycles. The molecule has 0 aliphatic carbocycles. The first-order valence-electron chi connectivity index (χ1n) is 14.7. The minimum Gasteiger partial charge on any atom is -0.390 e. The average molecular weight is 646 g/mol. The van der Waals surface area contributed by atoms with Crippen LogP contribution in [-0.2, 0) is 35.7 Å². The molecule has 5 rings (SSSR count). The van der Waals surface area contributed by atoms with Gasteiger partial charge in [0.2, 0.25) is 10.0 Å². The van der Waals surface area contributed by atoms with Gasteiger partial charge in [-0.1, -0.05) is 18.2 Å². The number of aromatic nitrogens is 2. The zero-order valence-corrected chi connectivity index (χ0v) is 25.9. The lowest BCUT2D eigenvalue weighted by atomic mass is 10.0. The van der Waals surface area contributed by atoms with Gasteiger partial charge >= 0.3 is 6.18 Å². The summed E-state index contributed by atoms with van der Waals surface area (Å²) in [6.45, 7) is 4.05. The van der Waals surface area contributed by atoms with Crippen LogP contribution in [0, 0.1) is 0 Å². The lowest BCUT2D eigenvalue weighted by Crippen LogP contribution is -2.38. The molecule has 0 amide bonds. The van der Waals surface area contributed by atoms with Gasteiger partial charge in [0, 0.05) is 79.7 Å². The van der Waals surface area contributed by atoms with Crippen molar-refractivity contribution >= 4 is 21.8 Å². The molecule has 1 aromatic heterocycles. The van der Waals surface area contributed by atoms with Gasteiger partial charge in [0.1, 0.15) is 6.17 Å². The second-order valence-electron chi connectivity index (χ2n) is 11.6. The van der Waals surface area contributed by atoms with Crippen molar-refractivity contribution in [1.29, 1.82) is 0 Å². The Hall–Kier alpha value is -1.97. The van der Waals surface area contributed by atoms with Crippen molar-refractivity contribution in [2.45, 2.75) is 62.1 Å². The van der Waals surface area contributed by atoms with Gasteiger partial charge in [-0.15, -0.1) is 11.8 Å². The Morgan fingerprint density at radius 3 is 2.65 bits per heavy atom. The van der Waals surface area contributed by atoms with Crippen molar-refractivity contribution < 1.29 is 31.1 Å². The minimum atomic E-state index is -4.56. The number of thioether (sulfide) groups is 1. The molecule has 0 bridgehead atoms. The lowest BCUT2D eigenvalue weighted by Gasteiger charge is -2.28. The Balaban J connectivity index is 1.43. The van der Waals surface area contributed by atoms with E-state index in [1.54, 1.807) is 4.68 Å². The van der Waals surface area contributed by atoms with E-state index >= 15 is 0 Å². The van der Waals surface area contributed by atoms with Crippen LogP contribution in [0.4, 0.5) is 17.6 Å². The van der Waals surface area contributed by atoms with E-state index in [4.69, 9.17) is 5.10 Å². The van der Waals surface area contributed by atoms with Crippen LogP contribution in [0.25, 0.3) is 11.3 Å². The monoisotopic (exact) mass is 645 g/mol. The molecule has 0 radical (unpaired) electrons. The fourth-order valence-electron chi connectivity index (χ4n) is 6.05. The largest absolute Gasteiger partial charge is 0.417 e. The summed E-state index contributed by atoms with van der Waals surface area (Å²) in [5.41, 5.74) is 1.55. The Kier molecular flexibility index (Phi) is 10.2. The van der Waals surface area contributed by atoms with Crippen molar-refractivity contribution in [3.05, 3.63) is 47.2 Å². The molecule has 1 N–H and O–H groups in total. The van der Waals surface area contributed by atoms with Gasteiger partial charge in [-0.2, -0.15) is 22.6 Å². The second-order valence-corrected chi connectivity index (χ2v) is 14.7. The molecule has 3 aliphatic heterocycles. The summed E-state index contributed by atoms with van der Waals surface area (Å²) < 4.78 is 83.7. The third kappa shape index (κ3) is 8.20. The third-order valence-electron chi connectivity index (χ3n) is 8.24. The van der Waals surface area contributed by atoms with Crippen molar-refractivity contribution in [3.8, 4) is 11.3 Å². The summed E-state index contributed by atoms with van der Waals surface area (Å²) in [5.74, 6) is 0.367. The molecule has 2 aromatic rings. The summed E-state index contributed by atoms with van der Waals surface area (Å²) >= 11 is 1.08. The molecule has 0 spiro atoms. The summed E-state index contributed by atoms with van der Waals surface area (Å²) in [6.07, 6.45) is 1.66. The maximum Gasteiger partial charge on any atom is 0.417 e. The van der Waals surface area contributed by atoms with E-state index in [2.05, 4.69) is 17.1 Å². The van der Waals surface area contributed by atoms with Crippen LogP contribution >= 0.6 is 11.8 Å². The molecular formula is C29H39F4N5O3S2. The van der Waals surface area contributed by atoms with Gasteiger partial charge < -0.3 is 5.11 Å². The molecule has 14 heteroatoms. The van der Waals surface area contributed by atoms with Gasteiger partial charge in [0.05, 0.1) is 30.2 Å². The van der Waals surface area contributed by atoms with Crippen LogP contribution in [0.15, 0.2) is 35.2 Å².